The summed E-state index contributed by atoms with van der Waals surface area (Å²) >= 11 is 0. The van der Waals surface area contributed by atoms with Crippen molar-refractivity contribution < 1.29 is 19.1 Å². The van der Waals surface area contributed by atoms with E-state index in [4.69, 9.17) is 0 Å². The number of carbonyl (C=O) groups excluding carboxylic acids is 2. The molecule has 0 aromatic carbocycles. The minimum atomic E-state index is -1.79. The van der Waals surface area contributed by atoms with Crippen LogP contribution in [0.3, 0.4) is 0 Å². The number of carbonyl (C=O) groups is 2. The number of hydrogen-bond acceptors (Lipinski definition) is 3. The predicted molar refractivity (Wildman–Crippen MR) is 92.5 cm³/mol. The summed E-state index contributed by atoms with van der Waals surface area (Å²) in [6.07, 6.45) is 7.16. The van der Waals surface area contributed by atoms with Crippen LogP contribution in [0.2, 0.25) is 0 Å². The molecule has 3 fully saturated rings. The number of hydrogen-bond donors (Lipinski definition) is 1. The molecule has 25 heavy (non-hydrogen) atoms. The summed E-state index contributed by atoms with van der Waals surface area (Å²) < 4.78 is 16.7. The van der Waals surface area contributed by atoms with Gasteiger partial charge in [-0.1, -0.05) is 25.5 Å². The average Bonchev–Trinajstić information content (AvgIpc) is 2.88. The number of allylic oxidation sites excluding steroid dienone is 4. The third-order valence-electron chi connectivity index (χ3n) is 8.20. The van der Waals surface area contributed by atoms with E-state index in [-0.39, 0.29) is 34.9 Å². The van der Waals surface area contributed by atoms with Crippen molar-refractivity contribution in [1.29, 1.82) is 0 Å². The molecule has 1 N–H and O–H groups in total. The SMILES string of the molecule is C[C@H]1CC2C3CCC(C=O)C3(C)CC(O)[C@]2(F)C2(C)C=CC(=O)C=C12. The highest BCUT2D eigenvalue weighted by Crippen LogP contribution is 2.69. The number of ketones is 1. The quantitative estimate of drug-likeness (QED) is 0.740. The van der Waals surface area contributed by atoms with Gasteiger partial charge in [0.05, 0.1) is 6.10 Å². The highest BCUT2D eigenvalue weighted by molar-refractivity contribution is 6.01. The lowest BCUT2D eigenvalue weighted by atomic mass is 9.44. The van der Waals surface area contributed by atoms with Crippen LogP contribution in [0.5, 0.6) is 0 Å². The summed E-state index contributed by atoms with van der Waals surface area (Å²) in [4.78, 5) is 23.5. The van der Waals surface area contributed by atoms with Gasteiger partial charge in [0.25, 0.3) is 0 Å². The van der Waals surface area contributed by atoms with Crippen LogP contribution in [0, 0.1) is 34.5 Å². The van der Waals surface area contributed by atoms with Crippen molar-refractivity contribution in [2.45, 2.75) is 58.2 Å². The van der Waals surface area contributed by atoms with Gasteiger partial charge in [-0.15, -0.1) is 0 Å². The van der Waals surface area contributed by atoms with Gasteiger partial charge in [0.1, 0.15) is 6.29 Å². The number of aliphatic hydroxyl groups is 1. The van der Waals surface area contributed by atoms with Crippen molar-refractivity contribution in [2.75, 3.05) is 0 Å². The Hall–Kier alpha value is -1.29. The van der Waals surface area contributed by atoms with Crippen LogP contribution < -0.4 is 0 Å². The molecule has 4 aliphatic rings. The number of aliphatic hydroxyl groups excluding tert-OH is 1. The fraction of sp³-hybridized carbons (Fsp3) is 0.714. The Balaban J connectivity index is 1.85. The first-order chi connectivity index (χ1) is 11.7. The van der Waals surface area contributed by atoms with E-state index in [1.165, 1.54) is 6.08 Å². The molecule has 0 heterocycles. The molecule has 4 aliphatic carbocycles. The first-order valence-corrected chi connectivity index (χ1v) is 9.46. The van der Waals surface area contributed by atoms with Crippen molar-refractivity contribution in [2.24, 2.45) is 34.5 Å². The second-order valence-corrected chi connectivity index (χ2v) is 9.20. The molecular formula is C21H27FO3. The van der Waals surface area contributed by atoms with Gasteiger partial charge in [-0.3, -0.25) is 4.79 Å². The molecular weight excluding hydrogens is 319 g/mol. The molecule has 6 unspecified atom stereocenters. The largest absolute Gasteiger partial charge is 0.390 e. The van der Waals surface area contributed by atoms with Crippen molar-refractivity contribution >= 4 is 12.1 Å². The monoisotopic (exact) mass is 346 g/mol. The summed E-state index contributed by atoms with van der Waals surface area (Å²) in [7, 11) is 0. The van der Waals surface area contributed by atoms with Gasteiger partial charge in [0, 0.05) is 17.3 Å². The third-order valence-corrected chi connectivity index (χ3v) is 8.20. The molecule has 0 aromatic rings. The first-order valence-electron chi connectivity index (χ1n) is 9.46. The Morgan fingerprint density at radius 1 is 1.28 bits per heavy atom. The summed E-state index contributed by atoms with van der Waals surface area (Å²) in [5.74, 6) is -0.291. The Morgan fingerprint density at radius 2 is 2.00 bits per heavy atom. The normalized spacial score (nSPS) is 54.4. The lowest BCUT2D eigenvalue weighted by Crippen LogP contribution is -2.67. The second-order valence-electron chi connectivity index (χ2n) is 9.20. The number of alkyl halides is 1. The van der Waals surface area contributed by atoms with Crippen LogP contribution in [0.15, 0.2) is 23.8 Å². The van der Waals surface area contributed by atoms with Crippen LogP contribution in [-0.4, -0.2) is 28.9 Å². The lowest BCUT2D eigenvalue weighted by Gasteiger charge is -2.63. The van der Waals surface area contributed by atoms with Gasteiger partial charge < -0.3 is 9.90 Å². The van der Waals surface area contributed by atoms with Crippen molar-refractivity contribution in [1.82, 2.24) is 0 Å². The molecule has 0 aromatic heterocycles. The van der Waals surface area contributed by atoms with Crippen molar-refractivity contribution in [3.63, 3.8) is 0 Å². The number of rotatable bonds is 1. The standard InChI is InChI=1S/C21H27FO3/c1-12-8-17-15-5-4-13(11-23)19(15,2)10-18(25)21(17,22)20(3)7-6-14(24)9-16(12)20/h6-7,9,11-13,15,17-18,25H,4-5,8,10H2,1-3H3/t12-,13?,15?,17?,18?,19?,20?,21-/m0/s1. The molecule has 0 aliphatic heterocycles. The van der Waals surface area contributed by atoms with Crippen LogP contribution in [0.25, 0.3) is 0 Å². The maximum atomic E-state index is 16.7. The molecule has 0 radical (unpaired) electrons. The molecule has 0 amide bonds. The van der Waals surface area contributed by atoms with E-state index in [0.29, 0.717) is 12.8 Å². The Morgan fingerprint density at radius 3 is 2.68 bits per heavy atom. The van der Waals surface area contributed by atoms with Crippen LogP contribution >= 0.6 is 0 Å². The van der Waals surface area contributed by atoms with Gasteiger partial charge in [-0.25, -0.2) is 4.39 Å². The smallest absolute Gasteiger partial charge is 0.178 e. The summed E-state index contributed by atoms with van der Waals surface area (Å²) in [5, 5.41) is 11.0. The maximum Gasteiger partial charge on any atom is 0.178 e. The summed E-state index contributed by atoms with van der Waals surface area (Å²) in [6.45, 7) is 5.95. The number of fused-ring (bicyclic) bond motifs is 5. The minimum absolute atomic E-state index is 0.0950. The summed E-state index contributed by atoms with van der Waals surface area (Å²) in [6, 6.07) is 0. The molecule has 0 spiro atoms. The second kappa shape index (κ2) is 5.12. The van der Waals surface area contributed by atoms with Gasteiger partial charge >= 0.3 is 0 Å². The van der Waals surface area contributed by atoms with E-state index in [1.807, 2.05) is 6.92 Å². The lowest BCUT2D eigenvalue weighted by molar-refractivity contribution is -0.199. The van der Waals surface area contributed by atoms with Crippen LogP contribution in [0.1, 0.15) is 46.5 Å². The third kappa shape index (κ3) is 1.89. The van der Waals surface area contributed by atoms with Crippen molar-refractivity contribution in [3.8, 4) is 0 Å². The van der Waals surface area contributed by atoms with E-state index in [2.05, 4.69) is 13.8 Å². The molecule has 3 saturated carbocycles. The van der Waals surface area contributed by atoms with Gasteiger partial charge in [-0.2, -0.15) is 0 Å². The Labute approximate surface area is 148 Å². The first kappa shape index (κ1) is 17.1. The zero-order valence-electron chi connectivity index (χ0n) is 15.2. The van der Waals surface area contributed by atoms with Gasteiger partial charge in [0.2, 0.25) is 0 Å². The van der Waals surface area contributed by atoms with E-state index in [1.54, 1.807) is 12.2 Å². The molecule has 4 rings (SSSR count). The fourth-order valence-electron chi connectivity index (χ4n) is 6.86. The topological polar surface area (TPSA) is 54.4 Å². The van der Waals surface area contributed by atoms with E-state index in [0.717, 1.165) is 24.7 Å². The molecule has 3 nitrogen and oxygen atoms in total. The van der Waals surface area contributed by atoms with Gasteiger partial charge in [0.15, 0.2) is 11.5 Å². The van der Waals surface area contributed by atoms with E-state index in [9.17, 15) is 14.7 Å². The summed E-state index contributed by atoms with van der Waals surface area (Å²) in [5.41, 5.74) is -2.26. The number of halogens is 1. The zero-order chi connectivity index (χ0) is 18.2. The van der Waals surface area contributed by atoms with Crippen LogP contribution in [0.4, 0.5) is 4.39 Å². The highest BCUT2D eigenvalue weighted by atomic mass is 19.1. The van der Waals surface area contributed by atoms with Crippen LogP contribution in [-0.2, 0) is 9.59 Å². The van der Waals surface area contributed by atoms with E-state index < -0.39 is 17.2 Å². The zero-order valence-corrected chi connectivity index (χ0v) is 15.2. The van der Waals surface area contributed by atoms with Gasteiger partial charge in [-0.05, 0) is 62.0 Å². The number of aldehydes is 1. The molecule has 8 atom stereocenters. The molecule has 0 bridgehead atoms. The molecule has 0 saturated heterocycles. The Kier molecular flexibility index (Phi) is 3.51. The predicted octanol–water partition coefficient (Wildman–Crippen LogP) is 3.42. The molecule has 136 valence electrons. The highest BCUT2D eigenvalue weighted by Gasteiger charge is 2.71. The minimum Gasteiger partial charge on any atom is -0.390 e. The Bertz CT molecular complexity index is 697. The van der Waals surface area contributed by atoms with E-state index >= 15 is 4.39 Å². The molecule has 4 heteroatoms. The average molecular weight is 346 g/mol. The fourth-order valence-corrected chi connectivity index (χ4v) is 6.86. The van der Waals surface area contributed by atoms with Crippen molar-refractivity contribution in [3.05, 3.63) is 23.8 Å². The maximum absolute atomic E-state index is 16.7.